The predicted octanol–water partition coefficient (Wildman–Crippen LogP) is 19.5. The molecule has 13 rings (SSSR count). The summed E-state index contributed by atoms with van der Waals surface area (Å²) in [7, 11) is 0. The van der Waals surface area contributed by atoms with Crippen molar-refractivity contribution in [2.45, 2.75) is 137 Å². The van der Waals surface area contributed by atoms with Crippen LogP contribution in [0.3, 0.4) is 0 Å². The number of benzene rings is 8. The monoisotopic (exact) mass is 1030 g/mol. The first-order valence-electron chi connectivity index (χ1n) is 28.0. The van der Waals surface area contributed by atoms with Crippen LogP contribution in [-0.2, 0) is 27.1 Å². The van der Waals surface area contributed by atoms with Crippen LogP contribution in [0.15, 0.2) is 162 Å². The molecule has 0 N–H and O–H groups in total. The normalized spacial score (nSPS) is 15.7. The molecule has 2 aliphatic heterocycles. The minimum Gasteiger partial charge on any atom is -0.456 e. The molecular weight excluding hydrogens is 954 g/mol. The number of anilines is 8. The van der Waals surface area contributed by atoms with Gasteiger partial charge >= 0.3 is 6.85 Å². The van der Waals surface area contributed by atoms with Gasteiger partial charge in [-0.05, 0) is 170 Å². The van der Waals surface area contributed by atoms with E-state index in [1.54, 1.807) is 0 Å². The molecule has 0 unspecified atom stereocenters. The molecule has 3 aliphatic rings. The van der Waals surface area contributed by atoms with Gasteiger partial charge in [-0.2, -0.15) is 0 Å². The van der Waals surface area contributed by atoms with E-state index in [9.17, 15) is 0 Å². The number of furan rings is 1. The van der Waals surface area contributed by atoms with Crippen LogP contribution in [0.4, 0.5) is 45.5 Å². The van der Waals surface area contributed by atoms with E-state index in [4.69, 9.17) is 4.42 Å². The first-order valence-corrected chi connectivity index (χ1v) is 28.8. The molecule has 386 valence electrons. The molecule has 10 aromatic rings. The van der Waals surface area contributed by atoms with Gasteiger partial charge in [0.05, 0.1) is 5.69 Å². The molecule has 77 heavy (non-hydrogen) atoms. The van der Waals surface area contributed by atoms with Crippen molar-refractivity contribution in [3.05, 3.63) is 191 Å². The Morgan fingerprint density at radius 2 is 1.08 bits per heavy atom. The van der Waals surface area contributed by atoms with Crippen molar-refractivity contribution in [3.63, 3.8) is 0 Å². The Morgan fingerprint density at radius 3 is 1.68 bits per heavy atom. The highest BCUT2D eigenvalue weighted by molar-refractivity contribution is 7.32. The summed E-state index contributed by atoms with van der Waals surface area (Å²) >= 11 is 1.96. The highest BCUT2D eigenvalue weighted by Crippen LogP contribution is 2.56. The Bertz CT molecular complexity index is 3950. The van der Waals surface area contributed by atoms with Crippen molar-refractivity contribution in [2.75, 3.05) is 14.6 Å². The lowest BCUT2D eigenvalue weighted by Crippen LogP contribution is -2.60. The van der Waals surface area contributed by atoms with E-state index in [-0.39, 0.29) is 33.9 Å². The zero-order valence-corrected chi connectivity index (χ0v) is 48.5. The summed E-state index contributed by atoms with van der Waals surface area (Å²) in [6.07, 6.45) is 2.30. The molecule has 0 saturated carbocycles. The van der Waals surface area contributed by atoms with Crippen molar-refractivity contribution in [2.24, 2.45) is 0 Å². The topological polar surface area (TPSA) is 22.9 Å². The first kappa shape index (κ1) is 49.6. The molecule has 0 fully saturated rings. The zero-order valence-electron chi connectivity index (χ0n) is 47.7. The maximum atomic E-state index is 6.87. The number of hydrogen-bond acceptors (Lipinski definition) is 5. The third-order valence-electron chi connectivity index (χ3n) is 17.7. The summed E-state index contributed by atoms with van der Waals surface area (Å²) in [6.45, 7) is 32.8. The van der Waals surface area contributed by atoms with Crippen LogP contribution < -0.4 is 24.9 Å². The maximum Gasteiger partial charge on any atom is 0.343 e. The summed E-state index contributed by atoms with van der Waals surface area (Å²) in [5.41, 5.74) is 23.2. The Balaban J connectivity index is 1.20. The van der Waals surface area contributed by atoms with E-state index in [0.717, 1.165) is 45.4 Å². The molecule has 0 spiro atoms. The number of aryl methyl sites for hydroxylation is 1. The molecule has 0 atom stereocenters. The van der Waals surface area contributed by atoms with Crippen molar-refractivity contribution in [1.29, 1.82) is 0 Å². The minimum atomic E-state index is -0.153. The summed E-state index contributed by atoms with van der Waals surface area (Å²) in [6, 6.07) is 60.7. The highest BCUT2D eigenvalue weighted by atomic mass is 32.1. The lowest BCUT2D eigenvalue weighted by Gasteiger charge is -2.46. The molecule has 8 aromatic carbocycles. The van der Waals surface area contributed by atoms with Crippen LogP contribution in [-0.4, -0.2) is 6.85 Å². The molecule has 2 aromatic heterocycles. The summed E-state index contributed by atoms with van der Waals surface area (Å²) in [4.78, 5) is 7.91. The largest absolute Gasteiger partial charge is 0.456 e. The van der Waals surface area contributed by atoms with Crippen molar-refractivity contribution in [3.8, 4) is 11.1 Å². The van der Waals surface area contributed by atoms with E-state index in [1.165, 1.54) is 99.7 Å². The molecule has 4 nitrogen and oxygen atoms in total. The molecule has 4 heterocycles. The second kappa shape index (κ2) is 17.0. The number of nitrogens with zero attached hydrogens (tertiary/aromatic N) is 3. The van der Waals surface area contributed by atoms with Gasteiger partial charge in [-0.25, -0.2) is 0 Å². The predicted molar refractivity (Wildman–Crippen MR) is 334 cm³/mol. The van der Waals surface area contributed by atoms with E-state index >= 15 is 0 Å². The molecule has 0 radical (unpaired) electrons. The van der Waals surface area contributed by atoms with E-state index in [0.29, 0.717) is 0 Å². The lowest BCUT2D eigenvalue weighted by atomic mass is 9.46. The number of rotatable bonds is 5. The Hall–Kier alpha value is -7.02. The first-order chi connectivity index (χ1) is 36.5. The quantitative estimate of drug-likeness (QED) is 0.160. The summed E-state index contributed by atoms with van der Waals surface area (Å²) in [5.74, 6) is 0. The lowest BCUT2D eigenvalue weighted by molar-refractivity contribution is 0.332. The Kier molecular flexibility index (Phi) is 10.9. The van der Waals surface area contributed by atoms with Gasteiger partial charge in [0.15, 0.2) is 0 Å². The van der Waals surface area contributed by atoms with Crippen LogP contribution in [0.2, 0.25) is 0 Å². The van der Waals surface area contributed by atoms with Crippen LogP contribution in [0.1, 0.15) is 136 Å². The second-order valence-electron chi connectivity index (χ2n) is 27.0. The van der Waals surface area contributed by atoms with Gasteiger partial charge in [0.2, 0.25) is 0 Å². The average Bonchev–Trinajstić information content (AvgIpc) is 3.87. The van der Waals surface area contributed by atoms with Gasteiger partial charge in [-0.15, -0.1) is 11.3 Å². The molecule has 0 saturated heterocycles. The van der Waals surface area contributed by atoms with Crippen molar-refractivity contribution < 1.29 is 4.42 Å². The third-order valence-corrected chi connectivity index (χ3v) is 18.9. The number of para-hydroxylation sites is 1. The van der Waals surface area contributed by atoms with Crippen LogP contribution in [0.5, 0.6) is 0 Å². The van der Waals surface area contributed by atoms with Gasteiger partial charge in [-0.1, -0.05) is 169 Å². The molecular formula is C71H72BN3OS. The van der Waals surface area contributed by atoms with E-state index in [1.807, 2.05) is 11.3 Å². The average molecular weight is 1030 g/mol. The number of hydrogen-bond donors (Lipinski definition) is 0. The molecule has 6 heteroatoms. The highest BCUT2D eigenvalue weighted by Gasteiger charge is 2.49. The zero-order chi connectivity index (χ0) is 53.9. The SMILES string of the molecule is Cc1cc2c(cc1N1c3cc(N(c4ccc(C(C)(C)C)cc4)c4ccc(C(C)(C)C)cc4)cc4c3B(c3sc5ccccc5c31)N(c1ccc(C(C)(C)C)cc1)c1ccc3oc5ccccc5c3c1-4)C(C)(C)CCC2(C)C. The Morgan fingerprint density at radius 1 is 0.532 bits per heavy atom. The standard InChI is InChI=1S/C71H72BN3OS/c1-43-39-54-55(71(13,14)38-37-70(54,11)12)42-57(43)74-58-41-50(73(47-29-23-44(24-30-47)67(2,3)4)48-31-25-45(26-32-48)68(5,6)7)40-53-62-56(35-36-60-63(62)51-19-15-17-21-59(51)76-60)75(49-33-27-46(28-34-49)69(8,9)10)72(64(53)58)66-65(74)52-20-16-18-22-61(52)77-66/h15-36,39-42H,37-38H2,1-14H3. The summed E-state index contributed by atoms with van der Waals surface area (Å²) < 4.78 is 9.51. The smallest absolute Gasteiger partial charge is 0.343 e. The van der Waals surface area contributed by atoms with Crippen LogP contribution in [0, 0.1) is 6.92 Å². The molecule has 0 amide bonds. The molecule has 1 aliphatic carbocycles. The Labute approximate surface area is 461 Å². The van der Waals surface area contributed by atoms with Gasteiger partial charge in [0.1, 0.15) is 11.2 Å². The third kappa shape index (κ3) is 7.82. The fraction of sp³-hybridized carbons (Fsp3) is 0.296. The van der Waals surface area contributed by atoms with Crippen LogP contribution in [0.25, 0.3) is 43.2 Å². The van der Waals surface area contributed by atoms with E-state index < -0.39 is 0 Å². The number of thiophene rings is 1. The molecule has 0 bridgehead atoms. The van der Waals surface area contributed by atoms with Crippen molar-refractivity contribution >= 4 is 106 Å². The van der Waals surface area contributed by atoms with E-state index in [2.05, 4.69) is 269 Å². The summed E-state index contributed by atoms with van der Waals surface area (Å²) in [5, 5.41) is 3.54. The second-order valence-corrected chi connectivity index (χ2v) is 28.0. The maximum absolute atomic E-state index is 6.87. The van der Waals surface area contributed by atoms with Crippen molar-refractivity contribution in [1.82, 2.24) is 0 Å². The van der Waals surface area contributed by atoms with Gasteiger partial charge in [-0.3, -0.25) is 0 Å². The fourth-order valence-electron chi connectivity index (χ4n) is 13.1. The minimum absolute atomic E-state index is 0.00213. The van der Waals surface area contributed by atoms with Gasteiger partial charge < -0.3 is 19.0 Å². The van der Waals surface area contributed by atoms with Crippen LogP contribution >= 0.6 is 11.3 Å². The fourth-order valence-corrected chi connectivity index (χ4v) is 14.4. The van der Waals surface area contributed by atoms with Gasteiger partial charge in [0.25, 0.3) is 0 Å². The van der Waals surface area contributed by atoms with Gasteiger partial charge in [0, 0.05) is 71.0 Å². The number of fused-ring (bicyclic) bond motifs is 11.